The fourth-order valence-corrected chi connectivity index (χ4v) is 4.43. The third-order valence-corrected chi connectivity index (χ3v) is 5.84. The molecule has 2 heterocycles. The fraction of sp³-hybridized carbons (Fsp3) is 0.867. The van der Waals surface area contributed by atoms with Gasteiger partial charge in [-0.2, -0.15) is 0 Å². The molecule has 0 amide bonds. The first kappa shape index (κ1) is 12.8. The van der Waals surface area contributed by atoms with Crippen LogP contribution in [0.1, 0.15) is 44.3 Å². The van der Waals surface area contributed by atoms with Crippen molar-refractivity contribution in [2.75, 3.05) is 13.1 Å². The molecule has 0 spiro atoms. The van der Waals surface area contributed by atoms with Gasteiger partial charge in [-0.3, -0.25) is 4.90 Å². The Morgan fingerprint density at radius 3 is 2.95 bits per heavy atom. The van der Waals surface area contributed by atoms with Crippen molar-refractivity contribution in [1.82, 2.24) is 19.7 Å². The number of aromatic nitrogens is 3. The molecular formula is C15H25N5. The highest BCUT2D eigenvalue weighted by molar-refractivity contribution is 5.03. The van der Waals surface area contributed by atoms with Gasteiger partial charge in [0.25, 0.3) is 0 Å². The molecule has 0 aromatic carbocycles. The predicted molar refractivity (Wildman–Crippen MR) is 76.9 cm³/mol. The van der Waals surface area contributed by atoms with Crippen molar-refractivity contribution < 1.29 is 0 Å². The zero-order chi connectivity index (χ0) is 13.6. The molecule has 4 rings (SSSR count). The molecule has 20 heavy (non-hydrogen) atoms. The van der Waals surface area contributed by atoms with Gasteiger partial charge in [0.2, 0.25) is 0 Å². The Morgan fingerprint density at radius 2 is 2.15 bits per heavy atom. The van der Waals surface area contributed by atoms with Crippen LogP contribution in [0.5, 0.6) is 0 Å². The van der Waals surface area contributed by atoms with E-state index in [0.717, 1.165) is 43.8 Å². The normalized spacial score (nSPS) is 35.0. The molecule has 2 saturated carbocycles. The van der Waals surface area contributed by atoms with Crippen molar-refractivity contribution in [1.29, 1.82) is 0 Å². The molecule has 5 heteroatoms. The van der Waals surface area contributed by atoms with Gasteiger partial charge in [0.05, 0.1) is 6.54 Å². The zero-order valence-corrected chi connectivity index (χ0v) is 12.2. The summed E-state index contributed by atoms with van der Waals surface area (Å²) in [5.74, 6) is 3.04. The molecular weight excluding hydrogens is 250 g/mol. The maximum atomic E-state index is 6.26. The number of hydrogen-bond donors (Lipinski definition) is 1. The second-order valence-corrected chi connectivity index (χ2v) is 6.98. The minimum Gasteiger partial charge on any atom is -0.329 e. The molecule has 2 atom stereocenters. The van der Waals surface area contributed by atoms with E-state index in [-0.39, 0.29) is 5.54 Å². The van der Waals surface area contributed by atoms with E-state index in [1.807, 2.05) is 6.33 Å². The molecule has 1 aliphatic heterocycles. The van der Waals surface area contributed by atoms with Crippen LogP contribution in [0.15, 0.2) is 6.33 Å². The van der Waals surface area contributed by atoms with Crippen LogP contribution in [0.2, 0.25) is 0 Å². The molecule has 2 fully saturated rings. The first-order valence-electron chi connectivity index (χ1n) is 8.12. The van der Waals surface area contributed by atoms with Crippen LogP contribution in [-0.2, 0) is 13.1 Å². The van der Waals surface area contributed by atoms with Crippen LogP contribution in [0.3, 0.4) is 0 Å². The second kappa shape index (κ2) is 4.81. The SMILES string of the molecule is NCC1(N2CCn3cnnc3C2)CCCC(C2CC2)C1. The van der Waals surface area contributed by atoms with Gasteiger partial charge >= 0.3 is 0 Å². The monoisotopic (exact) mass is 275 g/mol. The lowest BCUT2D eigenvalue weighted by molar-refractivity contribution is 0.0101. The van der Waals surface area contributed by atoms with E-state index < -0.39 is 0 Å². The molecule has 3 aliphatic rings. The molecule has 5 nitrogen and oxygen atoms in total. The van der Waals surface area contributed by atoms with Gasteiger partial charge in [-0.1, -0.05) is 12.8 Å². The molecule has 0 saturated heterocycles. The van der Waals surface area contributed by atoms with E-state index in [1.165, 1.54) is 38.5 Å². The van der Waals surface area contributed by atoms with Crippen LogP contribution in [0, 0.1) is 11.8 Å². The predicted octanol–water partition coefficient (Wildman–Crippen LogP) is 1.39. The number of nitrogens with zero attached hydrogens (tertiary/aromatic N) is 4. The van der Waals surface area contributed by atoms with Crippen molar-refractivity contribution in [3.8, 4) is 0 Å². The topological polar surface area (TPSA) is 60.0 Å². The Morgan fingerprint density at radius 1 is 1.25 bits per heavy atom. The van der Waals surface area contributed by atoms with Crippen molar-refractivity contribution in [3.63, 3.8) is 0 Å². The highest BCUT2D eigenvalue weighted by atomic mass is 15.3. The van der Waals surface area contributed by atoms with Crippen LogP contribution in [-0.4, -0.2) is 38.3 Å². The van der Waals surface area contributed by atoms with Crippen molar-refractivity contribution >= 4 is 0 Å². The molecule has 0 radical (unpaired) electrons. The van der Waals surface area contributed by atoms with E-state index in [9.17, 15) is 0 Å². The first-order chi connectivity index (χ1) is 9.81. The maximum absolute atomic E-state index is 6.26. The van der Waals surface area contributed by atoms with Crippen LogP contribution in [0.25, 0.3) is 0 Å². The summed E-state index contributed by atoms with van der Waals surface area (Å²) in [5, 5.41) is 8.30. The Hall–Kier alpha value is -0.940. The van der Waals surface area contributed by atoms with Gasteiger partial charge in [-0.15, -0.1) is 10.2 Å². The fourth-order valence-electron chi connectivity index (χ4n) is 4.43. The Bertz CT molecular complexity index is 480. The minimum absolute atomic E-state index is 0.225. The molecule has 0 bridgehead atoms. The van der Waals surface area contributed by atoms with E-state index in [4.69, 9.17) is 5.73 Å². The van der Waals surface area contributed by atoms with Gasteiger partial charge in [0, 0.05) is 25.2 Å². The minimum atomic E-state index is 0.225. The van der Waals surface area contributed by atoms with Gasteiger partial charge in [0.1, 0.15) is 12.2 Å². The van der Waals surface area contributed by atoms with E-state index in [0.29, 0.717) is 0 Å². The van der Waals surface area contributed by atoms with Gasteiger partial charge in [-0.05, 0) is 37.5 Å². The van der Waals surface area contributed by atoms with Crippen LogP contribution < -0.4 is 5.73 Å². The number of rotatable bonds is 3. The second-order valence-electron chi connectivity index (χ2n) is 6.98. The lowest BCUT2D eigenvalue weighted by Crippen LogP contribution is -2.58. The average molecular weight is 275 g/mol. The number of nitrogens with two attached hydrogens (primary N) is 1. The van der Waals surface area contributed by atoms with E-state index in [1.54, 1.807) is 0 Å². The Kier molecular flexibility index (Phi) is 3.07. The maximum Gasteiger partial charge on any atom is 0.147 e. The van der Waals surface area contributed by atoms with Crippen LogP contribution >= 0.6 is 0 Å². The summed E-state index contributed by atoms with van der Waals surface area (Å²) in [6, 6.07) is 0. The third kappa shape index (κ3) is 2.07. The van der Waals surface area contributed by atoms with Gasteiger partial charge in [0.15, 0.2) is 0 Å². The zero-order valence-electron chi connectivity index (χ0n) is 12.2. The number of fused-ring (bicyclic) bond motifs is 1. The Labute approximate surface area is 120 Å². The standard InChI is InChI=1S/C15H25N5/c16-10-15(5-1-2-13(8-15)12-3-4-12)20-7-6-19-11-17-18-14(19)9-20/h11-13H,1-10,16H2. The molecule has 110 valence electrons. The largest absolute Gasteiger partial charge is 0.329 e. The highest BCUT2D eigenvalue weighted by Crippen LogP contribution is 2.48. The molecule has 1 aromatic heterocycles. The van der Waals surface area contributed by atoms with E-state index in [2.05, 4.69) is 19.7 Å². The summed E-state index contributed by atoms with van der Waals surface area (Å²) >= 11 is 0. The van der Waals surface area contributed by atoms with Gasteiger partial charge < -0.3 is 10.3 Å². The van der Waals surface area contributed by atoms with Crippen molar-refractivity contribution in [3.05, 3.63) is 12.2 Å². The summed E-state index contributed by atoms with van der Waals surface area (Å²) in [4.78, 5) is 2.62. The van der Waals surface area contributed by atoms with E-state index >= 15 is 0 Å². The quantitative estimate of drug-likeness (QED) is 0.905. The summed E-state index contributed by atoms with van der Waals surface area (Å²) in [5.41, 5.74) is 6.49. The van der Waals surface area contributed by atoms with Crippen molar-refractivity contribution in [2.45, 2.75) is 57.2 Å². The summed E-state index contributed by atoms with van der Waals surface area (Å²) < 4.78 is 2.18. The average Bonchev–Trinajstić information content (AvgIpc) is 3.25. The molecule has 2 unspecified atom stereocenters. The molecule has 2 N–H and O–H groups in total. The van der Waals surface area contributed by atoms with Crippen molar-refractivity contribution in [2.24, 2.45) is 17.6 Å². The Balaban J connectivity index is 1.54. The molecule has 2 aliphatic carbocycles. The summed E-state index contributed by atoms with van der Waals surface area (Å²) in [6.07, 6.45) is 10.1. The summed E-state index contributed by atoms with van der Waals surface area (Å²) in [6.45, 7) is 3.83. The highest BCUT2D eigenvalue weighted by Gasteiger charge is 2.45. The third-order valence-electron chi connectivity index (χ3n) is 5.84. The van der Waals surface area contributed by atoms with Crippen LogP contribution in [0.4, 0.5) is 0 Å². The first-order valence-corrected chi connectivity index (χ1v) is 8.12. The molecule has 1 aromatic rings. The van der Waals surface area contributed by atoms with Gasteiger partial charge in [-0.25, -0.2) is 0 Å². The smallest absolute Gasteiger partial charge is 0.147 e. The number of hydrogen-bond acceptors (Lipinski definition) is 4. The lowest BCUT2D eigenvalue weighted by Gasteiger charge is -2.49. The summed E-state index contributed by atoms with van der Waals surface area (Å²) in [7, 11) is 0. The lowest BCUT2D eigenvalue weighted by atomic mass is 9.72.